The van der Waals surface area contributed by atoms with Crippen molar-refractivity contribution in [3.8, 4) is 0 Å². The molecule has 0 amide bonds. The van der Waals surface area contributed by atoms with Crippen molar-refractivity contribution in [3.63, 3.8) is 0 Å². The lowest BCUT2D eigenvalue weighted by atomic mass is 10.3. The van der Waals surface area contributed by atoms with Crippen LogP contribution in [0.5, 0.6) is 0 Å². The summed E-state index contributed by atoms with van der Waals surface area (Å²) < 4.78 is 0. The second-order valence-electron chi connectivity index (χ2n) is 2.18. The van der Waals surface area contributed by atoms with E-state index in [0.29, 0.717) is 0 Å². The largest absolute Gasteiger partial charge is 0.274 e. The standard InChI is InChI=1S/C6H11N3/c1-5-4-6(7-2)9(3)8-5/h4H2,1-3H3. The highest BCUT2D eigenvalue weighted by molar-refractivity contribution is 6.05. The molecule has 0 radical (unpaired) electrons. The molecular weight excluding hydrogens is 114 g/mol. The van der Waals surface area contributed by atoms with Gasteiger partial charge in [-0.25, -0.2) is 0 Å². The summed E-state index contributed by atoms with van der Waals surface area (Å²) >= 11 is 0. The molecule has 0 aromatic carbocycles. The van der Waals surface area contributed by atoms with Crippen LogP contribution in [-0.2, 0) is 0 Å². The van der Waals surface area contributed by atoms with Gasteiger partial charge in [0.05, 0.1) is 0 Å². The van der Waals surface area contributed by atoms with Crippen molar-refractivity contribution >= 4 is 11.5 Å². The van der Waals surface area contributed by atoms with Crippen molar-refractivity contribution in [3.05, 3.63) is 0 Å². The molecule has 0 aromatic heterocycles. The van der Waals surface area contributed by atoms with Gasteiger partial charge in [0, 0.05) is 26.2 Å². The Morgan fingerprint density at radius 2 is 2.33 bits per heavy atom. The minimum Gasteiger partial charge on any atom is -0.274 e. The van der Waals surface area contributed by atoms with E-state index in [1.54, 1.807) is 7.05 Å². The lowest BCUT2D eigenvalue weighted by molar-refractivity contribution is 0.555. The van der Waals surface area contributed by atoms with Crippen LogP contribution >= 0.6 is 0 Å². The van der Waals surface area contributed by atoms with Crippen LogP contribution < -0.4 is 0 Å². The van der Waals surface area contributed by atoms with Gasteiger partial charge in [-0.1, -0.05) is 0 Å². The fourth-order valence-electron chi connectivity index (χ4n) is 0.916. The van der Waals surface area contributed by atoms with E-state index in [1.807, 2.05) is 19.0 Å². The van der Waals surface area contributed by atoms with E-state index < -0.39 is 0 Å². The number of hydrogen-bond acceptors (Lipinski definition) is 2. The Bertz CT molecular complexity index is 169. The molecule has 1 heterocycles. The fraction of sp³-hybridized carbons (Fsp3) is 0.667. The highest BCUT2D eigenvalue weighted by Gasteiger charge is 2.12. The van der Waals surface area contributed by atoms with E-state index in [1.165, 1.54) is 0 Å². The number of rotatable bonds is 0. The molecule has 1 rings (SSSR count). The molecule has 0 atom stereocenters. The summed E-state index contributed by atoms with van der Waals surface area (Å²) in [6.07, 6.45) is 0.910. The number of hydrazone groups is 1. The van der Waals surface area contributed by atoms with E-state index in [2.05, 4.69) is 10.1 Å². The van der Waals surface area contributed by atoms with Crippen LogP contribution in [0.3, 0.4) is 0 Å². The monoisotopic (exact) mass is 125 g/mol. The summed E-state index contributed by atoms with van der Waals surface area (Å²) in [5.41, 5.74) is 1.14. The zero-order valence-corrected chi connectivity index (χ0v) is 6.05. The predicted octanol–water partition coefficient (Wildman–Crippen LogP) is 0.726. The average molecular weight is 125 g/mol. The van der Waals surface area contributed by atoms with Gasteiger partial charge < -0.3 is 0 Å². The van der Waals surface area contributed by atoms with Crippen LogP contribution in [0, 0.1) is 0 Å². The van der Waals surface area contributed by atoms with Crippen LogP contribution in [0.2, 0.25) is 0 Å². The summed E-state index contributed by atoms with van der Waals surface area (Å²) in [5, 5.41) is 5.98. The summed E-state index contributed by atoms with van der Waals surface area (Å²) in [4.78, 5) is 4.05. The summed E-state index contributed by atoms with van der Waals surface area (Å²) in [6, 6.07) is 0. The molecule has 0 aromatic rings. The van der Waals surface area contributed by atoms with Gasteiger partial charge in [-0.2, -0.15) is 5.10 Å². The Balaban J connectivity index is 2.71. The third kappa shape index (κ3) is 1.09. The molecular formula is C6H11N3. The van der Waals surface area contributed by atoms with Crippen LogP contribution in [-0.4, -0.2) is 30.7 Å². The quantitative estimate of drug-likeness (QED) is 0.469. The van der Waals surface area contributed by atoms with Gasteiger partial charge in [0.15, 0.2) is 0 Å². The Labute approximate surface area is 55.1 Å². The van der Waals surface area contributed by atoms with Crippen LogP contribution in [0.15, 0.2) is 10.1 Å². The molecule has 0 fully saturated rings. The minimum atomic E-state index is 0.910. The maximum atomic E-state index is 4.16. The van der Waals surface area contributed by atoms with Gasteiger partial charge in [0.25, 0.3) is 0 Å². The molecule has 0 saturated carbocycles. The molecule has 0 aliphatic carbocycles. The van der Waals surface area contributed by atoms with Gasteiger partial charge in [-0.05, 0) is 6.92 Å². The minimum absolute atomic E-state index is 0.910. The lowest BCUT2D eigenvalue weighted by Crippen LogP contribution is -2.14. The smallest absolute Gasteiger partial charge is 0.125 e. The second-order valence-corrected chi connectivity index (χ2v) is 2.18. The molecule has 50 valence electrons. The maximum Gasteiger partial charge on any atom is 0.125 e. The van der Waals surface area contributed by atoms with Gasteiger partial charge in [0.2, 0.25) is 0 Å². The third-order valence-corrected chi connectivity index (χ3v) is 1.37. The van der Waals surface area contributed by atoms with Gasteiger partial charge in [-0.15, -0.1) is 0 Å². The van der Waals surface area contributed by atoms with Gasteiger partial charge in [0.1, 0.15) is 5.84 Å². The van der Waals surface area contributed by atoms with E-state index in [9.17, 15) is 0 Å². The molecule has 0 spiro atoms. The first-order chi connectivity index (χ1) is 4.24. The molecule has 1 aliphatic heterocycles. The highest BCUT2D eigenvalue weighted by atomic mass is 15.5. The Morgan fingerprint density at radius 1 is 1.67 bits per heavy atom. The average Bonchev–Trinajstić information content (AvgIpc) is 2.10. The number of aliphatic imine (C=N–C) groups is 1. The van der Waals surface area contributed by atoms with E-state index in [0.717, 1.165) is 18.0 Å². The number of nitrogens with zero attached hydrogens (tertiary/aromatic N) is 3. The fourth-order valence-corrected chi connectivity index (χ4v) is 0.916. The van der Waals surface area contributed by atoms with Crippen molar-refractivity contribution in [2.75, 3.05) is 14.1 Å². The van der Waals surface area contributed by atoms with Crippen molar-refractivity contribution in [1.82, 2.24) is 5.01 Å². The molecule has 3 nitrogen and oxygen atoms in total. The van der Waals surface area contributed by atoms with Gasteiger partial charge in [-0.3, -0.25) is 10.0 Å². The topological polar surface area (TPSA) is 28.0 Å². The second kappa shape index (κ2) is 2.17. The Morgan fingerprint density at radius 3 is 2.56 bits per heavy atom. The van der Waals surface area contributed by atoms with Crippen molar-refractivity contribution in [2.45, 2.75) is 13.3 Å². The first-order valence-electron chi connectivity index (χ1n) is 2.97. The Hall–Kier alpha value is -0.860. The van der Waals surface area contributed by atoms with Crippen molar-refractivity contribution in [2.24, 2.45) is 10.1 Å². The van der Waals surface area contributed by atoms with Crippen LogP contribution in [0.1, 0.15) is 13.3 Å². The maximum absolute atomic E-state index is 4.16. The SMILES string of the molecule is CN=C1CC(C)=NN1C. The van der Waals surface area contributed by atoms with Crippen LogP contribution in [0.4, 0.5) is 0 Å². The van der Waals surface area contributed by atoms with Crippen LogP contribution in [0.25, 0.3) is 0 Å². The third-order valence-electron chi connectivity index (χ3n) is 1.37. The zero-order chi connectivity index (χ0) is 6.85. The molecule has 0 bridgehead atoms. The summed E-state index contributed by atoms with van der Waals surface area (Å²) in [5.74, 6) is 1.05. The van der Waals surface area contributed by atoms with Crippen molar-refractivity contribution < 1.29 is 0 Å². The first-order valence-corrected chi connectivity index (χ1v) is 2.97. The molecule has 9 heavy (non-hydrogen) atoms. The van der Waals surface area contributed by atoms with E-state index >= 15 is 0 Å². The normalized spacial score (nSPS) is 23.2. The van der Waals surface area contributed by atoms with E-state index in [4.69, 9.17) is 0 Å². The van der Waals surface area contributed by atoms with Gasteiger partial charge >= 0.3 is 0 Å². The zero-order valence-electron chi connectivity index (χ0n) is 6.05. The highest BCUT2D eigenvalue weighted by Crippen LogP contribution is 2.05. The van der Waals surface area contributed by atoms with Crippen molar-refractivity contribution in [1.29, 1.82) is 0 Å². The molecule has 0 unspecified atom stereocenters. The Kier molecular flexibility index (Phi) is 1.51. The summed E-state index contributed by atoms with van der Waals surface area (Å²) in [7, 11) is 3.71. The lowest BCUT2D eigenvalue weighted by Gasteiger charge is -2.04. The molecule has 1 aliphatic rings. The molecule has 0 N–H and O–H groups in total. The number of hydrogen-bond donors (Lipinski definition) is 0. The summed E-state index contributed by atoms with van der Waals surface area (Å²) in [6.45, 7) is 2.01. The molecule has 3 heteroatoms. The predicted molar refractivity (Wildman–Crippen MR) is 38.8 cm³/mol. The number of amidine groups is 1. The molecule has 0 saturated heterocycles. The van der Waals surface area contributed by atoms with E-state index in [-0.39, 0.29) is 0 Å². The first kappa shape index (κ1) is 6.26.